The summed E-state index contributed by atoms with van der Waals surface area (Å²) in [5.74, 6) is 0.973. The Kier molecular flexibility index (Phi) is 8.54. The number of cyclic esters (lactones) is 1. The molecular formula is C23H35N3O5. The van der Waals surface area contributed by atoms with Crippen molar-refractivity contribution in [3.8, 4) is 5.75 Å². The van der Waals surface area contributed by atoms with Gasteiger partial charge in [0.25, 0.3) is 6.29 Å². The van der Waals surface area contributed by atoms with Gasteiger partial charge in [-0.25, -0.2) is 4.79 Å². The number of esters is 1. The first-order valence-electron chi connectivity index (χ1n) is 11.2. The molecule has 3 atom stereocenters. The first-order chi connectivity index (χ1) is 15.0. The Morgan fingerprint density at radius 2 is 1.97 bits per heavy atom. The number of carbonyl (C=O) groups excluding carboxylic acids is 2. The van der Waals surface area contributed by atoms with E-state index < -0.39 is 18.3 Å². The largest absolute Gasteiger partial charge is 0.468 e. The van der Waals surface area contributed by atoms with Gasteiger partial charge in [-0.15, -0.1) is 0 Å². The predicted octanol–water partition coefficient (Wildman–Crippen LogP) is 2.44. The minimum absolute atomic E-state index is 0.154. The quantitative estimate of drug-likeness (QED) is 0.431. The summed E-state index contributed by atoms with van der Waals surface area (Å²) in [6.07, 6.45) is 5.27. The van der Waals surface area contributed by atoms with Crippen molar-refractivity contribution in [1.29, 1.82) is 0 Å². The molecule has 1 amide bonds. The number of methoxy groups -OCH3 is 1. The van der Waals surface area contributed by atoms with Crippen LogP contribution in [-0.4, -0.2) is 62.1 Å². The highest BCUT2D eigenvalue weighted by Gasteiger charge is 2.40. The van der Waals surface area contributed by atoms with Gasteiger partial charge in [0, 0.05) is 6.54 Å². The maximum absolute atomic E-state index is 12.3. The summed E-state index contributed by atoms with van der Waals surface area (Å²) in [5.41, 5.74) is 6.70. The van der Waals surface area contributed by atoms with Crippen LogP contribution in [-0.2, 0) is 20.7 Å². The fourth-order valence-electron chi connectivity index (χ4n) is 4.21. The van der Waals surface area contributed by atoms with E-state index in [4.69, 9.17) is 15.2 Å². The van der Waals surface area contributed by atoms with E-state index in [9.17, 15) is 9.59 Å². The van der Waals surface area contributed by atoms with E-state index in [0.717, 1.165) is 37.4 Å². The van der Waals surface area contributed by atoms with E-state index in [1.807, 2.05) is 19.1 Å². The minimum atomic E-state index is -0.698. The second kappa shape index (κ2) is 11.3. The Bertz CT molecular complexity index is 720. The first kappa shape index (κ1) is 23.3. The van der Waals surface area contributed by atoms with Crippen LogP contribution < -0.4 is 15.8 Å². The third kappa shape index (κ3) is 6.58. The molecule has 0 saturated carbocycles. The molecule has 0 spiro atoms. The van der Waals surface area contributed by atoms with Gasteiger partial charge in [-0.05, 0) is 69.3 Å². The van der Waals surface area contributed by atoms with Crippen LogP contribution in [0.5, 0.6) is 5.75 Å². The number of nitrogens with two attached hydrogens (primary N) is 1. The SMILES string of the molecule is COC(=O)C(N)Cc1ccc(OC2OC(=O)N(CCCCC3CCNCC3)C2C)cc1. The maximum Gasteiger partial charge on any atom is 0.413 e. The second-order valence-electron chi connectivity index (χ2n) is 8.47. The van der Waals surface area contributed by atoms with Crippen molar-refractivity contribution in [2.75, 3.05) is 26.7 Å². The highest BCUT2D eigenvalue weighted by Crippen LogP contribution is 2.25. The van der Waals surface area contributed by atoms with Crippen molar-refractivity contribution in [2.24, 2.45) is 11.7 Å². The molecule has 2 fully saturated rings. The lowest BCUT2D eigenvalue weighted by atomic mass is 9.92. The number of hydrogen-bond acceptors (Lipinski definition) is 7. The van der Waals surface area contributed by atoms with Crippen molar-refractivity contribution >= 4 is 12.1 Å². The molecule has 0 bridgehead atoms. The van der Waals surface area contributed by atoms with Crippen molar-refractivity contribution in [2.45, 2.75) is 63.8 Å². The lowest BCUT2D eigenvalue weighted by molar-refractivity contribution is -0.142. The average molecular weight is 434 g/mol. The van der Waals surface area contributed by atoms with E-state index in [2.05, 4.69) is 10.1 Å². The Morgan fingerprint density at radius 3 is 2.65 bits per heavy atom. The number of rotatable bonds is 10. The van der Waals surface area contributed by atoms with Crippen LogP contribution in [0.4, 0.5) is 4.79 Å². The minimum Gasteiger partial charge on any atom is -0.468 e. The molecule has 8 nitrogen and oxygen atoms in total. The molecule has 2 heterocycles. The number of piperidine rings is 1. The van der Waals surface area contributed by atoms with E-state index in [1.165, 1.54) is 26.4 Å². The van der Waals surface area contributed by atoms with Crippen molar-refractivity contribution in [3.05, 3.63) is 29.8 Å². The standard InChI is InChI=1S/C23H35N3O5/c1-16-22(30-19-8-6-18(7-9-19)15-20(24)21(27)29-2)31-23(28)26(16)14-4-3-5-17-10-12-25-13-11-17/h6-9,16-17,20,22,25H,3-5,10-15,24H2,1-2H3. The Balaban J connectivity index is 1.43. The Labute approximate surface area is 184 Å². The molecule has 172 valence electrons. The van der Waals surface area contributed by atoms with Gasteiger partial charge in [0.1, 0.15) is 17.8 Å². The Morgan fingerprint density at radius 1 is 1.26 bits per heavy atom. The molecule has 3 N–H and O–H groups in total. The van der Waals surface area contributed by atoms with Gasteiger partial charge in [-0.2, -0.15) is 0 Å². The number of benzene rings is 1. The summed E-state index contributed by atoms with van der Waals surface area (Å²) in [7, 11) is 1.32. The zero-order chi connectivity index (χ0) is 22.2. The summed E-state index contributed by atoms with van der Waals surface area (Å²) < 4.78 is 16.0. The number of unbranched alkanes of at least 4 members (excludes halogenated alkanes) is 1. The summed E-state index contributed by atoms with van der Waals surface area (Å²) in [4.78, 5) is 25.5. The molecule has 2 aliphatic rings. The van der Waals surface area contributed by atoms with Crippen molar-refractivity contribution in [1.82, 2.24) is 10.2 Å². The van der Waals surface area contributed by atoms with Gasteiger partial charge in [0.15, 0.2) is 0 Å². The number of ether oxygens (including phenoxy) is 3. The monoisotopic (exact) mass is 433 g/mol. The summed E-state index contributed by atoms with van der Waals surface area (Å²) in [6.45, 7) is 4.89. The van der Waals surface area contributed by atoms with E-state index in [0.29, 0.717) is 18.7 Å². The molecule has 3 unspecified atom stereocenters. The highest BCUT2D eigenvalue weighted by molar-refractivity contribution is 5.75. The molecule has 2 aliphatic heterocycles. The maximum atomic E-state index is 12.3. The summed E-state index contributed by atoms with van der Waals surface area (Å²) in [5, 5.41) is 3.40. The summed E-state index contributed by atoms with van der Waals surface area (Å²) in [6, 6.07) is 6.43. The molecule has 3 rings (SSSR count). The van der Waals surface area contributed by atoms with E-state index in [1.54, 1.807) is 17.0 Å². The molecule has 0 aromatic heterocycles. The van der Waals surface area contributed by atoms with Crippen LogP contribution in [0, 0.1) is 5.92 Å². The highest BCUT2D eigenvalue weighted by atomic mass is 16.7. The molecule has 1 aromatic rings. The molecule has 8 heteroatoms. The van der Waals surface area contributed by atoms with E-state index >= 15 is 0 Å². The fourth-order valence-corrected chi connectivity index (χ4v) is 4.21. The third-order valence-electron chi connectivity index (χ3n) is 6.19. The van der Waals surface area contributed by atoms with Gasteiger partial charge in [0.2, 0.25) is 0 Å². The number of hydrogen-bond donors (Lipinski definition) is 2. The lowest BCUT2D eigenvalue weighted by Crippen LogP contribution is -2.37. The van der Waals surface area contributed by atoms with Crippen molar-refractivity contribution in [3.63, 3.8) is 0 Å². The van der Waals surface area contributed by atoms with Crippen LogP contribution in [0.15, 0.2) is 24.3 Å². The van der Waals surface area contributed by atoms with Gasteiger partial charge >= 0.3 is 12.1 Å². The molecule has 0 radical (unpaired) electrons. The number of carbonyl (C=O) groups is 2. The molecular weight excluding hydrogens is 398 g/mol. The normalized spacial score (nSPS) is 22.8. The van der Waals surface area contributed by atoms with Gasteiger partial charge in [-0.3, -0.25) is 9.69 Å². The number of nitrogens with zero attached hydrogens (tertiary/aromatic N) is 1. The predicted molar refractivity (Wildman–Crippen MR) is 117 cm³/mol. The summed E-state index contributed by atoms with van der Waals surface area (Å²) >= 11 is 0. The van der Waals surface area contributed by atoms with Crippen LogP contribution >= 0.6 is 0 Å². The van der Waals surface area contributed by atoms with Gasteiger partial charge in [-0.1, -0.05) is 25.0 Å². The lowest BCUT2D eigenvalue weighted by Gasteiger charge is -2.23. The van der Waals surface area contributed by atoms with Crippen LogP contribution in [0.2, 0.25) is 0 Å². The number of nitrogens with one attached hydrogen (secondary N) is 1. The van der Waals surface area contributed by atoms with Crippen molar-refractivity contribution < 1.29 is 23.8 Å². The number of amides is 1. The Hall–Kier alpha value is -2.32. The smallest absolute Gasteiger partial charge is 0.413 e. The average Bonchev–Trinajstić information content (AvgIpc) is 3.05. The van der Waals surface area contributed by atoms with Crippen LogP contribution in [0.1, 0.15) is 44.6 Å². The zero-order valence-corrected chi connectivity index (χ0v) is 18.5. The first-order valence-corrected chi connectivity index (χ1v) is 11.2. The van der Waals surface area contributed by atoms with Gasteiger partial charge < -0.3 is 25.3 Å². The third-order valence-corrected chi connectivity index (χ3v) is 6.19. The molecule has 31 heavy (non-hydrogen) atoms. The van der Waals surface area contributed by atoms with Crippen LogP contribution in [0.25, 0.3) is 0 Å². The fraction of sp³-hybridized carbons (Fsp3) is 0.652. The molecule has 2 saturated heterocycles. The van der Waals surface area contributed by atoms with Gasteiger partial charge in [0.05, 0.1) is 7.11 Å². The topological polar surface area (TPSA) is 103 Å². The zero-order valence-electron chi connectivity index (χ0n) is 18.5. The second-order valence-corrected chi connectivity index (χ2v) is 8.47. The van der Waals surface area contributed by atoms with Crippen LogP contribution in [0.3, 0.4) is 0 Å². The van der Waals surface area contributed by atoms with E-state index in [-0.39, 0.29) is 12.1 Å². The molecule has 0 aliphatic carbocycles. The molecule has 1 aromatic carbocycles.